The van der Waals surface area contributed by atoms with Gasteiger partial charge < -0.3 is 5.32 Å². The minimum Gasteiger partial charge on any atom is -0.325 e. The highest BCUT2D eigenvalue weighted by atomic mass is 79.9. The van der Waals surface area contributed by atoms with Crippen LogP contribution in [0.15, 0.2) is 34.8 Å². The number of hydrogen-bond acceptors (Lipinski definition) is 3. The minimum absolute atomic E-state index is 0.0167. The van der Waals surface area contributed by atoms with Crippen molar-refractivity contribution in [2.75, 3.05) is 11.1 Å². The zero-order valence-electron chi connectivity index (χ0n) is 10.8. The van der Waals surface area contributed by atoms with E-state index in [2.05, 4.69) is 21.2 Å². The lowest BCUT2D eigenvalue weighted by molar-refractivity contribution is -0.113. The largest absolute Gasteiger partial charge is 0.325 e. The number of benzene rings is 1. The van der Waals surface area contributed by atoms with Crippen molar-refractivity contribution in [1.29, 1.82) is 0 Å². The summed E-state index contributed by atoms with van der Waals surface area (Å²) in [4.78, 5) is 13.1. The minimum atomic E-state index is 0.0167. The number of aryl methyl sites for hydroxylation is 1. The van der Waals surface area contributed by atoms with Crippen LogP contribution in [0.25, 0.3) is 0 Å². The van der Waals surface area contributed by atoms with Gasteiger partial charge >= 0.3 is 0 Å². The van der Waals surface area contributed by atoms with Gasteiger partial charge in [-0.2, -0.15) is 0 Å². The van der Waals surface area contributed by atoms with Crippen LogP contribution in [0, 0.1) is 6.92 Å². The smallest absolute Gasteiger partial charge is 0.234 e. The van der Waals surface area contributed by atoms with Gasteiger partial charge in [-0.15, -0.1) is 23.1 Å². The molecular weight excluding hydrogens is 378 g/mol. The molecule has 0 aliphatic carbocycles. The molecular formula is C14H13BrClNOS2. The average Bonchev–Trinajstić information content (AvgIpc) is 2.79. The van der Waals surface area contributed by atoms with Crippen molar-refractivity contribution in [3.05, 3.63) is 49.6 Å². The molecule has 20 heavy (non-hydrogen) atoms. The van der Waals surface area contributed by atoms with Crippen LogP contribution in [-0.4, -0.2) is 11.7 Å². The molecule has 1 N–H and O–H groups in total. The van der Waals surface area contributed by atoms with E-state index in [4.69, 9.17) is 11.6 Å². The van der Waals surface area contributed by atoms with Crippen molar-refractivity contribution < 1.29 is 4.79 Å². The quantitative estimate of drug-likeness (QED) is 0.746. The molecule has 0 fully saturated rings. The standard InChI is InChI=1S/C14H13BrClNOS2/c1-9-6-10(15)2-4-12(9)17-14(18)8-19-7-11-3-5-13(16)20-11/h2-6H,7-8H2,1H3,(H,17,18). The van der Waals surface area contributed by atoms with Crippen LogP contribution in [0.5, 0.6) is 0 Å². The van der Waals surface area contributed by atoms with E-state index in [1.807, 2.05) is 37.3 Å². The lowest BCUT2D eigenvalue weighted by Crippen LogP contribution is -2.14. The van der Waals surface area contributed by atoms with Crippen LogP contribution in [-0.2, 0) is 10.5 Å². The Morgan fingerprint density at radius 1 is 1.40 bits per heavy atom. The molecule has 1 heterocycles. The number of anilines is 1. The Labute approximate surface area is 140 Å². The molecule has 0 unspecified atom stereocenters. The van der Waals surface area contributed by atoms with Crippen molar-refractivity contribution >= 4 is 62.2 Å². The Kier molecular flexibility index (Phi) is 5.96. The van der Waals surface area contributed by atoms with Gasteiger partial charge in [0.15, 0.2) is 0 Å². The number of hydrogen-bond donors (Lipinski definition) is 1. The van der Waals surface area contributed by atoms with E-state index in [0.29, 0.717) is 5.75 Å². The summed E-state index contributed by atoms with van der Waals surface area (Å²) in [6, 6.07) is 9.69. The Hall–Kier alpha value is -0.490. The van der Waals surface area contributed by atoms with Gasteiger partial charge in [0.2, 0.25) is 5.91 Å². The van der Waals surface area contributed by atoms with Gasteiger partial charge in [0, 0.05) is 20.8 Å². The molecule has 106 valence electrons. The third-order valence-electron chi connectivity index (χ3n) is 2.57. The first kappa shape index (κ1) is 15.9. The Bertz CT molecular complexity index is 615. The number of thioether (sulfide) groups is 1. The third-order valence-corrected chi connectivity index (χ3v) is 5.46. The molecule has 6 heteroatoms. The molecule has 1 aromatic heterocycles. The van der Waals surface area contributed by atoms with Crippen molar-refractivity contribution in [3.8, 4) is 0 Å². The van der Waals surface area contributed by atoms with Crippen molar-refractivity contribution in [2.45, 2.75) is 12.7 Å². The summed E-state index contributed by atoms with van der Waals surface area (Å²) in [5.41, 5.74) is 1.90. The Balaban J connectivity index is 1.80. The Morgan fingerprint density at radius 3 is 2.85 bits per heavy atom. The molecule has 1 amide bonds. The third kappa shape index (κ3) is 4.81. The van der Waals surface area contributed by atoms with E-state index in [1.54, 1.807) is 23.1 Å². The van der Waals surface area contributed by atoms with Crippen LogP contribution < -0.4 is 5.32 Å². The number of amides is 1. The number of thiophene rings is 1. The molecule has 0 spiro atoms. The fraction of sp³-hybridized carbons (Fsp3) is 0.214. The van der Waals surface area contributed by atoms with Gasteiger partial charge in [0.1, 0.15) is 0 Å². The molecule has 0 saturated carbocycles. The SMILES string of the molecule is Cc1cc(Br)ccc1NC(=O)CSCc1ccc(Cl)s1. The van der Waals surface area contributed by atoms with E-state index < -0.39 is 0 Å². The predicted molar refractivity (Wildman–Crippen MR) is 93.0 cm³/mol. The zero-order valence-corrected chi connectivity index (χ0v) is 14.8. The summed E-state index contributed by atoms with van der Waals surface area (Å²) in [6.07, 6.45) is 0. The van der Waals surface area contributed by atoms with Crippen molar-refractivity contribution in [2.24, 2.45) is 0 Å². The maximum absolute atomic E-state index is 11.9. The number of carbonyl (C=O) groups excluding carboxylic acids is 1. The lowest BCUT2D eigenvalue weighted by atomic mass is 10.2. The molecule has 0 atom stereocenters. The second kappa shape index (κ2) is 7.50. The number of halogens is 2. The van der Waals surface area contributed by atoms with E-state index in [1.165, 1.54) is 4.88 Å². The lowest BCUT2D eigenvalue weighted by Gasteiger charge is -2.08. The van der Waals surface area contributed by atoms with Crippen LogP contribution in [0.3, 0.4) is 0 Å². The maximum atomic E-state index is 11.9. The molecule has 2 aromatic rings. The number of rotatable bonds is 5. The summed E-state index contributed by atoms with van der Waals surface area (Å²) >= 11 is 12.4. The van der Waals surface area contributed by atoms with E-state index in [-0.39, 0.29) is 5.91 Å². The zero-order chi connectivity index (χ0) is 14.5. The predicted octanol–water partition coefficient (Wildman–Crippen LogP) is 5.34. The first-order chi connectivity index (χ1) is 9.54. The monoisotopic (exact) mass is 389 g/mol. The van der Waals surface area contributed by atoms with Crippen LogP contribution in [0.4, 0.5) is 5.69 Å². The molecule has 0 aliphatic rings. The fourth-order valence-electron chi connectivity index (χ4n) is 1.63. The normalized spacial score (nSPS) is 10.6. The van der Waals surface area contributed by atoms with Gasteiger partial charge in [0.05, 0.1) is 10.1 Å². The highest BCUT2D eigenvalue weighted by Gasteiger charge is 2.06. The van der Waals surface area contributed by atoms with Gasteiger partial charge in [-0.05, 0) is 42.8 Å². The van der Waals surface area contributed by atoms with E-state index in [9.17, 15) is 4.79 Å². The Morgan fingerprint density at radius 2 is 2.20 bits per heavy atom. The van der Waals surface area contributed by atoms with Gasteiger partial charge in [-0.1, -0.05) is 27.5 Å². The fourth-order valence-corrected chi connectivity index (χ4v) is 4.13. The second-order valence-electron chi connectivity index (χ2n) is 4.21. The molecule has 2 nitrogen and oxygen atoms in total. The first-order valence-corrected chi connectivity index (χ1v) is 9.07. The second-order valence-corrected chi connectivity index (χ2v) is 7.91. The average molecular weight is 391 g/mol. The topological polar surface area (TPSA) is 29.1 Å². The summed E-state index contributed by atoms with van der Waals surface area (Å²) < 4.78 is 1.80. The molecule has 2 rings (SSSR count). The number of carbonyl (C=O) groups is 1. The molecule has 0 radical (unpaired) electrons. The first-order valence-electron chi connectivity index (χ1n) is 5.92. The van der Waals surface area contributed by atoms with E-state index >= 15 is 0 Å². The number of nitrogens with one attached hydrogen (secondary N) is 1. The summed E-state index contributed by atoms with van der Waals surface area (Å²) in [7, 11) is 0. The summed E-state index contributed by atoms with van der Waals surface area (Å²) in [5, 5.41) is 2.93. The molecule has 1 aromatic carbocycles. The van der Waals surface area contributed by atoms with Gasteiger partial charge in [-0.25, -0.2) is 0 Å². The van der Waals surface area contributed by atoms with Crippen molar-refractivity contribution in [3.63, 3.8) is 0 Å². The van der Waals surface area contributed by atoms with E-state index in [0.717, 1.165) is 25.8 Å². The maximum Gasteiger partial charge on any atom is 0.234 e. The van der Waals surface area contributed by atoms with Crippen LogP contribution in [0.2, 0.25) is 4.34 Å². The highest BCUT2D eigenvalue weighted by Crippen LogP contribution is 2.25. The van der Waals surface area contributed by atoms with Crippen LogP contribution >= 0.6 is 50.6 Å². The summed E-state index contributed by atoms with van der Waals surface area (Å²) in [6.45, 7) is 1.97. The van der Waals surface area contributed by atoms with Crippen molar-refractivity contribution in [1.82, 2.24) is 0 Å². The summed E-state index contributed by atoms with van der Waals surface area (Å²) in [5.74, 6) is 1.26. The highest BCUT2D eigenvalue weighted by molar-refractivity contribution is 9.10. The molecule has 0 bridgehead atoms. The van der Waals surface area contributed by atoms with Gasteiger partial charge in [-0.3, -0.25) is 4.79 Å². The van der Waals surface area contributed by atoms with Crippen LogP contribution in [0.1, 0.15) is 10.4 Å². The van der Waals surface area contributed by atoms with Gasteiger partial charge in [0.25, 0.3) is 0 Å². The molecule has 0 saturated heterocycles. The molecule has 0 aliphatic heterocycles.